The SMILES string of the molecule is Cl.N#CCCN1CC[C@@]2(c3ccccc3)Oc3ccccc3[C@H]2C1. The summed E-state index contributed by atoms with van der Waals surface area (Å²) in [6, 6.07) is 21.3. The Morgan fingerprint density at radius 3 is 2.67 bits per heavy atom. The zero-order valence-corrected chi connectivity index (χ0v) is 14.3. The van der Waals surface area contributed by atoms with Crippen LogP contribution in [0, 0.1) is 11.3 Å². The van der Waals surface area contributed by atoms with Crippen LogP contribution in [0.25, 0.3) is 0 Å². The van der Waals surface area contributed by atoms with Gasteiger partial charge in [-0.3, -0.25) is 0 Å². The molecule has 0 N–H and O–H groups in total. The van der Waals surface area contributed by atoms with Gasteiger partial charge in [-0.1, -0.05) is 48.5 Å². The fraction of sp³-hybridized carbons (Fsp3) is 0.350. The molecule has 124 valence electrons. The molecule has 3 nitrogen and oxygen atoms in total. The predicted molar refractivity (Wildman–Crippen MR) is 96.5 cm³/mol. The van der Waals surface area contributed by atoms with Gasteiger partial charge >= 0.3 is 0 Å². The van der Waals surface area contributed by atoms with E-state index in [0.29, 0.717) is 12.3 Å². The minimum atomic E-state index is -0.256. The molecule has 2 aromatic carbocycles. The van der Waals surface area contributed by atoms with Crippen LogP contribution in [-0.2, 0) is 5.60 Å². The maximum atomic E-state index is 8.87. The summed E-state index contributed by atoms with van der Waals surface area (Å²) in [5.74, 6) is 1.34. The quantitative estimate of drug-likeness (QED) is 0.844. The van der Waals surface area contributed by atoms with Crippen LogP contribution < -0.4 is 4.74 Å². The lowest BCUT2D eigenvalue weighted by Gasteiger charge is -2.43. The van der Waals surface area contributed by atoms with Crippen molar-refractivity contribution in [3.05, 3.63) is 65.7 Å². The molecule has 0 amide bonds. The average Bonchev–Trinajstić information content (AvgIpc) is 2.96. The molecule has 0 radical (unpaired) electrons. The van der Waals surface area contributed by atoms with Crippen molar-refractivity contribution in [2.75, 3.05) is 19.6 Å². The number of likely N-dealkylation sites (tertiary alicyclic amines) is 1. The van der Waals surface area contributed by atoms with Gasteiger partial charge in [0.1, 0.15) is 11.4 Å². The summed E-state index contributed by atoms with van der Waals surface area (Å²) in [4.78, 5) is 2.40. The highest BCUT2D eigenvalue weighted by atomic mass is 35.5. The number of hydrogen-bond donors (Lipinski definition) is 0. The van der Waals surface area contributed by atoms with E-state index in [1.807, 2.05) is 6.07 Å². The number of rotatable bonds is 3. The highest BCUT2D eigenvalue weighted by Crippen LogP contribution is 2.54. The molecule has 1 fully saturated rings. The Hall–Kier alpha value is -2.02. The summed E-state index contributed by atoms with van der Waals surface area (Å²) < 4.78 is 6.55. The molecule has 0 spiro atoms. The van der Waals surface area contributed by atoms with Crippen molar-refractivity contribution in [2.24, 2.45) is 0 Å². The predicted octanol–water partition coefficient (Wildman–Crippen LogP) is 4.10. The Morgan fingerprint density at radius 1 is 1.12 bits per heavy atom. The third kappa shape index (κ3) is 2.66. The molecule has 2 aliphatic heterocycles. The smallest absolute Gasteiger partial charge is 0.143 e. The lowest BCUT2D eigenvalue weighted by atomic mass is 9.74. The Kier molecular flexibility index (Phi) is 4.80. The molecule has 0 aliphatic carbocycles. The molecule has 2 atom stereocenters. The first-order valence-corrected chi connectivity index (χ1v) is 8.26. The number of nitriles is 1. The molecule has 2 heterocycles. The summed E-state index contributed by atoms with van der Waals surface area (Å²) in [7, 11) is 0. The maximum Gasteiger partial charge on any atom is 0.143 e. The first-order valence-electron chi connectivity index (χ1n) is 8.26. The number of hydrogen-bond acceptors (Lipinski definition) is 3. The van der Waals surface area contributed by atoms with E-state index in [-0.39, 0.29) is 18.0 Å². The number of benzene rings is 2. The first-order chi connectivity index (χ1) is 11.3. The molecular formula is C20H21ClN2O. The maximum absolute atomic E-state index is 8.87. The molecule has 0 unspecified atom stereocenters. The van der Waals surface area contributed by atoms with Gasteiger partial charge in [0.25, 0.3) is 0 Å². The largest absolute Gasteiger partial charge is 0.482 e. The second kappa shape index (κ2) is 6.84. The van der Waals surface area contributed by atoms with Crippen LogP contribution in [0.2, 0.25) is 0 Å². The number of halogens is 1. The minimum Gasteiger partial charge on any atom is -0.482 e. The van der Waals surface area contributed by atoms with Crippen molar-refractivity contribution < 1.29 is 4.74 Å². The summed E-state index contributed by atoms with van der Waals surface area (Å²) in [6.45, 7) is 2.77. The average molecular weight is 341 g/mol. The highest BCUT2D eigenvalue weighted by molar-refractivity contribution is 5.85. The van der Waals surface area contributed by atoms with Gasteiger partial charge in [-0.05, 0) is 11.6 Å². The summed E-state index contributed by atoms with van der Waals surface area (Å²) in [6.07, 6.45) is 1.55. The lowest BCUT2D eigenvalue weighted by molar-refractivity contribution is 0.000445. The van der Waals surface area contributed by atoms with E-state index in [1.54, 1.807) is 0 Å². The van der Waals surface area contributed by atoms with Crippen molar-refractivity contribution >= 4 is 12.4 Å². The summed E-state index contributed by atoms with van der Waals surface area (Å²) >= 11 is 0. The number of piperidine rings is 1. The number of para-hydroxylation sites is 1. The first kappa shape index (κ1) is 16.8. The van der Waals surface area contributed by atoms with E-state index < -0.39 is 0 Å². The summed E-state index contributed by atoms with van der Waals surface area (Å²) in [5, 5.41) is 8.87. The van der Waals surface area contributed by atoms with Crippen molar-refractivity contribution in [1.82, 2.24) is 4.90 Å². The molecule has 24 heavy (non-hydrogen) atoms. The topological polar surface area (TPSA) is 36.3 Å². The van der Waals surface area contributed by atoms with Crippen LogP contribution in [0.3, 0.4) is 0 Å². The van der Waals surface area contributed by atoms with Crippen LogP contribution in [0.1, 0.15) is 29.9 Å². The van der Waals surface area contributed by atoms with Crippen LogP contribution in [0.15, 0.2) is 54.6 Å². The Balaban J connectivity index is 0.00000169. The van der Waals surface area contributed by atoms with Crippen LogP contribution in [0.5, 0.6) is 5.75 Å². The third-order valence-electron chi connectivity index (χ3n) is 5.19. The molecule has 0 bridgehead atoms. The van der Waals surface area contributed by atoms with Gasteiger partial charge in [-0.25, -0.2) is 0 Å². The number of nitrogens with zero attached hydrogens (tertiary/aromatic N) is 2. The van der Waals surface area contributed by atoms with E-state index in [4.69, 9.17) is 10.00 Å². The molecule has 4 rings (SSSR count). The molecule has 2 aromatic rings. The van der Waals surface area contributed by atoms with Gasteiger partial charge in [-0.2, -0.15) is 5.26 Å². The molecule has 1 saturated heterocycles. The number of fused-ring (bicyclic) bond motifs is 3. The number of ether oxygens (including phenoxy) is 1. The van der Waals surface area contributed by atoms with E-state index >= 15 is 0 Å². The molecule has 0 aromatic heterocycles. The Bertz CT molecular complexity index is 743. The van der Waals surface area contributed by atoms with E-state index in [0.717, 1.165) is 31.8 Å². The second-order valence-electron chi connectivity index (χ2n) is 6.41. The molecule has 4 heteroatoms. The fourth-order valence-electron chi connectivity index (χ4n) is 4.06. The van der Waals surface area contributed by atoms with Crippen molar-refractivity contribution in [1.29, 1.82) is 5.26 Å². The van der Waals surface area contributed by atoms with Crippen molar-refractivity contribution in [3.63, 3.8) is 0 Å². The normalized spacial score (nSPS) is 24.9. The highest BCUT2D eigenvalue weighted by Gasteiger charge is 2.52. The van der Waals surface area contributed by atoms with E-state index in [1.165, 1.54) is 11.1 Å². The Morgan fingerprint density at radius 2 is 1.88 bits per heavy atom. The van der Waals surface area contributed by atoms with Gasteiger partial charge in [0, 0.05) is 44.0 Å². The van der Waals surface area contributed by atoms with Crippen LogP contribution >= 0.6 is 12.4 Å². The molecular weight excluding hydrogens is 320 g/mol. The van der Waals surface area contributed by atoms with Gasteiger partial charge in [0.05, 0.1) is 6.07 Å². The van der Waals surface area contributed by atoms with E-state index in [9.17, 15) is 0 Å². The zero-order valence-electron chi connectivity index (χ0n) is 13.5. The fourth-order valence-corrected chi connectivity index (χ4v) is 4.06. The van der Waals surface area contributed by atoms with Crippen LogP contribution in [-0.4, -0.2) is 24.5 Å². The van der Waals surface area contributed by atoms with Crippen LogP contribution in [0.4, 0.5) is 0 Å². The third-order valence-corrected chi connectivity index (χ3v) is 5.19. The van der Waals surface area contributed by atoms with Crippen molar-refractivity contribution in [2.45, 2.75) is 24.4 Å². The Labute approximate surface area is 149 Å². The van der Waals surface area contributed by atoms with Gasteiger partial charge in [0.2, 0.25) is 0 Å². The zero-order chi connectivity index (χ0) is 15.7. The van der Waals surface area contributed by atoms with Gasteiger partial charge < -0.3 is 9.64 Å². The molecule has 0 saturated carbocycles. The standard InChI is InChI=1S/C20H20N2O.ClH/c21-12-6-13-22-14-11-20(16-7-2-1-3-8-16)18(15-22)17-9-4-5-10-19(17)23-20;/h1-5,7-10,18H,6,11,13-15H2;1H/t18-,20+;/m1./s1. The minimum absolute atomic E-state index is 0. The van der Waals surface area contributed by atoms with Gasteiger partial charge in [0.15, 0.2) is 0 Å². The van der Waals surface area contributed by atoms with E-state index in [2.05, 4.69) is 59.5 Å². The monoisotopic (exact) mass is 340 g/mol. The lowest BCUT2D eigenvalue weighted by Crippen LogP contribution is -2.49. The molecule has 2 aliphatic rings. The summed E-state index contributed by atoms with van der Waals surface area (Å²) in [5.41, 5.74) is 2.31. The van der Waals surface area contributed by atoms with Gasteiger partial charge in [-0.15, -0.1) is 12.4 Å². The second-order valence-corrected chi connectivity index (χ2v) is 6.41. The van der Waals surface area contributed by atoms with Crippen molar-refractivity contribution in [3.8, 4) is 11.8 Å².